The molecule has 1 spiro atoms. The van der Waals surface area contributed by atoms with Crippen molar-refractivity contribution in [2.24, 2.45) is 29.1 Å². The summed E-state index contributed by atoms with van der Waals surface area (Å²) in [5.74, 6) is 2.02. The van der Waals surface area contributed by atoms with Crippen LogP contribution in [0, 0.1) is 29.1 Å². The summed E-state index contributed by atoms with van der Waals surface area (Å²) in [7, 11) is 2.33. The molecule has 5 fully saturated rings. The molecule has 5 heteroatoms. The van der Waals surface area contributed by atoms with Gasteiger partial charge in [0.2, 0.25) is 0 Å². The molecule has 4 saturated carbocycles. The third-order valence-electron chi connectivity index (χ3n) is 6.66. The van der Waals surface area contributed by atoms with Gasteiger partial charge in [0.1, 0.15) is 0 Å². The summed E-state index contributed by atoms with van der Waals surface area (Å²) in [6.45, 7) is 2.81. The van der Waals surface area contributed by atoms with Gasteiger partial charge in [0, 0.05) is 18.7 Å². The minimum Gasteiger partial charge on any atom is -0.478 e. The molecule has 0 aromatic rings. The Labute approximate surface area is 137 Å². The number of carbonyl (C=O) groups is 2. The van der Waals surface area contributed by atoms with E-state index in [4.69, 9.17) is 10.2 Å². The highest BCUT2D eigenvalue weighted by Gasteiger charge is 2.58. The lowest BCUT2D eigenvalue weighted by atomic mass is 9.45. The molecule has 1 saturated heterocycles. The number of likely N-dealkylation sites (tertiary alicyclic amines) is 1. The van der Waals surface area contributed by atoms with Gasteiger partial charge in [-0.05, 0) is 81.2 Å². The third kappa shape index (κ3) is 3.30. The Kier molecular flexibility index (Phi) is 4.50. The van der Waals surface area contributed by atoms with Crippen LogP contribution < -0.4 is 0 Å². The first-order chi connectivity index (χ1) is 10.9. The number of nitrogens with zero attached hydrogens (tertiary/aromatic N) is 1. The van der Waals surface area contributed by atoms with Crippen molar-refractivity contribution in [1.29, 1.82) is 0 Å². The van der Waals surface area contributed by atoms with Crippen LogP contribution in [0.5, 0.6) is 0 Å². The number of carboxylic acid groups (broad SMARTS) is 2. The van der Waals surface area contributed by atoms with Gasteiger partial charge in [-0.3, -0.25) is 0 Å². The molecular weight excluding hydrogens is 294 g/mol. The topological polar surface area (TPSA) is 77.8 Å². The van der Waals surface area contributed by atoms with E-state index in [9.17, 15) is 9.59 Å². The highest BCUT2D eigenvalue weighted by atomic mass is 16.4. The fourth-order valence-corrected chi connectivity index (χ4v) is 5.99. The molecule has 1 heterocycles. The SMILES string of the molecule is CN1CCC2(C1)C1CC3CC(C1)CC2C3.O=C(O)C=CC(=O)O. The Bertz CT molecular complexity index is 469. The fraction of sp³-hybridized carbons (Fsp3) is 0.778. The molecule has 128 valence electrons. The van der Waals surface area contributed by atoms with Crippen molar-refractivity contribution in [3.8, 4) is 0 Å². The lowest BCUT2D eigenvalue weighted by molar-refractivity contribution is -0.134. The molecule has 5 nitrogen and oxygen atoms in total. The van der Waals surface area contributed by atoms with E-state index in [1.807, 2.05) is 0 Å². The second-order valence-electron chi connectivity index (χ2n) is 8.04. The maximum Gasteiger partial charge on any atom is 0.328 e. The minimum atomic E-state index is -1.26. The summed E-state index contributed by atoms with van der Waals surface area (Å²) in [6, 6.07) is 0. The first-order valence-electron chi connectivity index (χ1n) is 8.71. The van der Waals surface area contributed by atoms with Crippen molar-refractivity contribution >= 4 is 11.9 Å². The first-order valence-corrected chi connectivity index (χ1v) is 8.71. The average Bonchev–Trinajstić information content (AvgIpc) is 2.86. The van der Waals surface area contributed by atoms with Crippen LogP contribution in [-0.2, 0) is 9.59 Å². The van der Waals surface area contributed by atoms with Gasteiger partial charge >= 0.3 is 11.9 Å². The highest BCUT2D eigenvalue weighted by Crippen LogP contribution is 2.64. The molecule has 1 aliphatic heterocycles. The van der Waals surface area contributed by atoms with Gasteiger partial charge in [0.15, 0.2) is 0 Å². The molecule has 0 radical (unpaired) electrons. The minimum absolute atomic E-state index is 0.558. The van der Waals surface area contributed by atoms with E-state index < -0.39 is 11.9 Å². The maximum absolute atomic E-state index is 9.55. The average molecular weight is 321 g/mol. The van der Waals surface area contributed by atoms with Crippen molar-refractivity contribution in [3.63, 3.8) is 0 Å². The summed E-state index contributed by atoms with van der Waals surface area (Å²) in [4.78, 5) is 21.7. The van der Waals surface area contributed by atoms with Gasteiger partial charge < -0.3 is 15.1 Å². The van der Waals surface area contributed by atoms with Crippen LogP contribution in [0.25, 0.3) is 0 Å². The Morgan fingerprint density at radius 3 is 1.78 bits per heavy atom. The number of hydrogen-bond acceptors (Lipinski definition) is 3. The lowest BCUT2D eigenvalue weighted by Gasteiger charge is -2.60. The summed E-state index contributed by atoms with van der Waals surface area (Å²) in [5.41, 5.74) is 0.794. The molecule has 0 aromatic heterocycles. The van der Waals surface area contributed by atoms with Gasteiger partial charge in [-0.15, -0.1) is 0 Å². The van der Waals surface area contributed by atoms with Gasteiger partial charge in [0.25, 0.3) is 0 Å². The molecule has 5 aliphatic rings. The van der Waals surface area contributed by atoms with Gasteiger partial charge in [0.05, 0.1) is 0 Å². The lowest BCUT2D eigenvalue weighted by Crippen LogP contribution is -2.53. The van der Waals surface area contributed by atoms with Crippen molar-refractivity contribution in [1.82, 2.24) is 4.90 Å². The normalized spacial score (nSPS) is 41.3. The number of aliphatic carboxylic acids is 2. The number of carboxylic acids is 2. The Morgan fingerprint density at radius 1 is 0.957 bits per heavy atom. The predicted molar refractivity (Wildman–Crippen MR) is 86.0 cm³/mol. The van der Waals surface area contributed by atoms with E-state index in [0.717, 1.165) is 29.1 Å². The third-order valence-corrected chi connectivity index (χ3v) is 6.66. The van der Waals surface area contributed by atoms with E-state index in [2.05, 4.69) is 11.9 Å². The van der Waals surface area contributed by atoms with E-state index in [0.29, 0.717) is 12.2 Å². The first kappa shape index (κ1) is 16.5. The number of hydrogen-bond donors (Lipinski definition) is 2. The van der Waals surface area contributed by atoms with Crippen LogP contribution in [-0.4, -0.2) is 47.2 Å². The van der Waals surface area contributed by atoms with Gasteiger partial charge in [-0.1, -0.05) is 0 Å². The van der Waals surface area contributed by atoms with E-state index in [1.165, 1.54) is 19.5 Å². The molecule has 0 unspecified atom stereocenters. The smallest absolute Gasteiger partial charge is 0.328 e. The maximum atomic E-state index is 9.55. The monoisotopic (exact) mass is 321 g/mol. The molecular formula is C18H27NO4. The summed E-state index contributed by atoms with van der Waals surface area (Å²) in [5, 5.41) is 15.6. The quantitative estimate of drug-likeness (QED) is 0.764. The van der Waals surface area contributed by atoms with Crippen LogP contribution in [0.1, 0.15) is 38.5 Å². The molecule has 4 aliphatic carbocycles. The van der Waals surface area contributed by atoms with Gasteiger partial charge in [-0.25, -0.2) is 9.59 Å². The Morgan fingerprint density at radius 2 is 1.43 bits per heavy atom. The molecule has 5 rings (SSSR count). The molecule has 0 amide bonds. The van der Waals surface area contributed by atoms with E-state index >= 15 is 0 Å². The summed E-state index contributed by atoms with van der Waals surface area (Å²) in [6.07, 6.45) is 10.6. The standard InChI is InChI=1S/C14H23N.C4H4O4/c1-15-3-2-14(9-15)12-5-10-4-11(7-12)8-13(14)6-10;5-3(6)1-2-4(7)8/h10-13H,2-9H2,1H3;1-2H,(H,5,6)(H,7,8). The van der Waals surface area contributed by atoms with Crippen molar-refractivity contribution < 1.29 is 19.8 Å². The zero-order valence-electron chi connectivity index (χ0n) is 13.8. The zero-order valence-corrected chi connectivity index (χ0v) is 13.8. The molecule has 0 atom stereocenters. The molecule has 4 bridgehead atoms. The fourth-order valence-electron chi connectivity index (χ4n) is 5.99. The van der Waals surface area contributed by atoms with Gasteiger partial charge in [-0.2, -0.15) is 0 Å². The Hall–Kier alpha value is -1.36. The van der Waals surface area contributed by atoms with Crippen molar-refractivity contribution in [2.75, 3.05) is 20.1 Å². The van der Waals surface area contributed by atoms with E-state index in [-0.39, 0.29) is 0 Å². The van der Waals surface area contributed by atoms with Crippen molar-refractivity contribution in [2.45, 2.75) is 38.5 Å². The zero-order chi connectivity index (χ0) is 16.6. The largest absolute Gasteiger partial charge is 0.478 e. The Balaban J connectivity index is 0.000000170. The van der Waals surface area contributed by atoms with Crippen LogP contribution in [0.3, 0.4) is 0 Å². The van der Waals surface area contributed by atoms with Crippen molar-refractivity contribution in [3.05, 3.63) is 12.2 Å². The molecule has 0 aromatic carbocycles. The van der Waals surface area contributed by atoms with Crippen LogP contribution in [0.2, 0.25) is 0 Å². The van der Waals surface area contributed by atoms with Crippen LogP contribution in [0.4, 0.5) is 0 Å². The second-order valence-corrected chi connectivity index (χ2v) is 8.04. The summed E-state index contributed by atoms with van der Waals surface area (Å²) >= 11 is 0. The highest BCUT2D eigenvalue weighted by molar-refractivity contribution is 5.89. The number of rotatable bonds is 2. The predicted octanol–water partition coefficient (Wildman–Crippen LogP) is 2.48. The van der Waals surface area contributed by atoms with Crippen LogP contribution in [0.15, 0.2) is 12.2 Å². The summed E-state index contributed by atoms with van der Waals surface area (Å²) < 4.78 is 0. The van der Waals surface area contributed by atoms with E-state index in [1.54, 1.807) is 32.1 Å². The molecule has 2 N–H and O–H groups in total. The molecule has 23 heavy (non-hydrogen) atoms. The van der Waals surface area contributed by atoms with Crippen LogP contribution >= 0.6 is 0 Å². The second kappa shape index (κ2) is 6.27.